The predicted molar refractivity (Wildman–Crippen MR) is 57.7 cm³/mol. The molecule has 0 aromatic carbocycles. The first-order chi connectivity index (χ1) is 7.31. The second kappa shape index (κ2) is 7.22. The van der Waals surface area contributed by atoms with E-state index in [4.69, 9.17) is 9.47 Å². The lowest BCUT2D eigenvalue weighted by atomic mass is 10.2. The molecule has 0 aliphatic rings. The Labute approximate surface area is 95.7 Å². The Kier molecular flexibility index (Phi) is 6.72. The number of aliphatic hydroxyl groups excluding tert-OH is 1. The zero-order valence-corrected chi connectivity index (χ0v) is 10.2. The average Bonchev–Trinajstić information content (AvgIpc) is 1.97. The van der Waals surface area contributed by atoms with Crippen LogP contribution in [0.4, 0.5) is 0 Å². The minimum Gasteiger partial charge on any atom is -0.463 e. The Morgan fingerprint density at radius 2 is 1.25 bits per heavy atom. The van der Waals surface area contributed by atoms with Crippen LogP contribution < -0.4 is 0 Å². The van der Waals surface area contributed by atoms with E-state index in [1.165, 1.54) is 0 Å². The molecule has 0 rings (SSSR count). The third kappa shape index (κ3) is 8.23. The molecule has 16 heavy (non-hydrogen) atoms. The summed E-state index contributed by atoms with van der Waals surface area (Å²) < 4.78 is 9.66. The fourth-order valence-electron chi connectivity index (χ4n) is 1.08. The molecule has 0 heterocycles. The lowest BCUT2D eigenvalue weighted by Gasteiger charge is -2.13. The van der Waals surface area contributed by atoms with Gasteiger partial charge < -0.3 is 14.6 Å². The highest BCUT2D eigenvalue weighted by Crippen LogP contribution is 2.04. The number of hydrogen-bond acceptors (Lipinski definition) is 5. The molecule has 0 spiro atoms. The molecular formula is C11H20O5. The highest BCUT2D eigenvalue weighted by atomic mass is 16.5. The van der Waals surface area contributed by atoms with E-state index < -0.39 is 18.0 Å². The molecule has 0 aromatic heterocycles. The van der Waals surface area contributed by atoms with Crippen LogP contribution >= 0.6 is 0 Å². The third-order valence-corrected chi connectivity index (χ3v) is 1.54. The van der Waals surface area contributed by atoms with E-state index in [1.807, 2.05) is 0 Å². The Morgan fingerprint density at radius 1 is 0.938 bits per heavy atom. The van der Waals surface area contributed by atoms with Gasteiger partial charge in [-0.05, 0) is 27.7 Å². The Bertz CT molecular complexity index is 211. The van der Waals surface area contributed by atoms with E-state index in [0.717, 1.165) is 0 Å². The van der Waals surface area contributed by atoms with Gasteiger partial charge in [0.15, 0.2) is 0 Å². The number of carbonyl (C=O) groups excluding carboxylic acids is 2. The first-order valence-electron chi connectivity index (χ1n) is 5.38. The van der Waals surface area contributed by atoms with Crippen molar-refractivity contribution >= 4 is 11.9 Å². The maximum Gasteiger partial charge on any atom is 0.308 e. The van der Waals surface area contributed by atoms with Gasteiger partial charge in [0.2, 0.25) is 0 Å². The molecule has 94 valence electrons. The van der Waals surface area contributed by atoms with E-state index in [1.54, 1.807) is 27.7 Å². The van der Waals surface area contributed by atoms with Gasteiger partial charge in [-0.1, -0.05) is 0 Å². The zero-order chi connectivity index (χ0) is 12.7. The minimum absolute atomic E-state index is 0.189. The normalized spacial score (nSPS) is 11.0. The first kappa shape index (κ1) is 14.9. The summed E-state index contributed by atoms with van der Waals surface area (Å²) in [6.45, 7) is 6.88. The standard InChI is InChI=1S/C11H20O5/c1-7(2)15-10(13)5-9(12)6-11(14)16-8(3)4/h7-9,12H,5-6H2,1-4H3. The molecule has 0 saturated carbocycles. The second-order valence-corrected chi connectivity index (χ2v) is 4.14. The molecule has 0 bridgehead atoms. The highest BCUT2D eigenvalue weighted by Gasteiger charge is 2.18. The number of esters is 2. The van der Waals surface area contributed by atoms with Crippen molar-refractivity contribution < 1.29 is 24.2 Å². The van der Waals surface area contributed by atoms with E-state index in [-0.39, 0.29) is 25.0 Å². The van der Waals surface area contributed by atoms with Crippen molar-refractivity contribution in [1.82, 2.24) is 0 Å². The van der Waals surface area contributed by atoms with Gasteiger partial charge in [0, 0.05) is 0 Å². The predicted octanol–water partition coefficient (Wildman–Crippen LogP) is 1.03. The van der Waals surface area contributed by atoms with Gasteiger partial charge in [0.25, 0.3) is 0 Å². The molecule has 0 aliphatic carbocycles. The van der Waals surface area contributed by atoms with Crippen molar-refractivity contribution in [2.75, 3.05) is 0 Å². The maximum atomic E-state index is 11.1. The van der Waals surface area contributed by atoms with Crippen LogP contribution in [0, 0.1) is 0 Å². The third-order valence-electron chi connectivity index (χ3n) is 1.54. The summed E-state index contributed by atoms with van der Waals surface area (Å²) in [6.07, 6.45) is -1.86. The van der Waals surface area contributed by atoms with Crippen LogP contribution in [0.1, 0.15) is 40.5 Å². The largest absolute Gasteiger partial charge is 0.463 e. The van der Waals surface area contributed by atoms with Crippen molar-refractivity contribution in [3.05, 3.63) is 0 Å². The maximum absolute atomic E-state index is 11.1. The second-order valence-electron chi connectivity index (χ2n) is 4.14. The monoisotopic (exact) mass is 232 g/mol. The number of rotatable bonds is 6. The number of carbonyl (C=O) groups is 2. The van der Waals surface area contributed by atoms with Gasteiger partial charge in [-0.15, -0.1) is 0 Å². The van der Waals surface area contributed by atoms with Crippen LogP contribution in [-0.2, 0) is 19.1 Å². The zero-order valence-electron chi connectivity index (χ0n) is 10.2. The number of ether oxygens (including phenoxy) is 2. The van der Waals surface area contributed by atoms with E-state index in [2.05, 4.69) is 0 Å². The lowest BCUT2D eigenvalue weighted by Crippen LogP contribution is -2.23. The molecule has 0 aromatic rings. The van der Waals surface area contributed by atoms with Crippen LogP contribution in [0.2, 0.25) is 0 Å². The Balaban J connectivity index is 3.85. The molecule has 1 N–H and O–H groups in total. The summed E-state index contributed by atoms with van der Waals surface area (Å²) in [5.74, 6) is -1.03. The fourth-order valence-corrected chi connectivity index (χ4v) is 1.08. The summed E-state index contributed by atoms with van der Waals surface area (Å²) >= 11 is 0. The van der Waals surface area contributed by atoms with E-state index in [9.17, 15) is 14.7 Å². The first-order valence-corrected chi connectivity index (χ1v) is 5.38. The summed E-state index contributed by atoms with van der Waals surface area (Å²) in [7, 11) is 0. The molecule has 0 amide bonds. The summed E-state index contributed by atoms with van der Waals surface area (Å²) in [5.41, 5.74) is 0. The topological polar surface area (TPSA) is 72.8 Å². The van der Waals surface area contributed by atoms with Crippen molar-refractivity contribution in [1.29, 1.82) is 0 Å². The molecule has 0 unspecified atom stereocenters. The average molecular weight is 232 g/mol. The van der Waals surface area contributed by atoms with Gasteiger partial charge in [-0.2, -0.15) is 0 Å². The molecule has 5 heteroatoms. The number of hydrogen-bond donors (Lipinski definition) is 1. The van der Waals surface area contributed by atoms with Crippen molar-refractivity contribution in [2.45, 2.75) is 58.8 Å². The smallest absolute Gasteiger partial charge is 0.308 e. The van der Waals surface area contributed by atoms with Gasteiger partial charge >= 0.3 is 11.9 Å². The van der Waals surface area contributed by atoms with Crippen LogP contribution in [-0.4, -0.2) is 35.4 Å². The molecule has 0 saturated heterocycles. The highest BCUT2D eigenvalue weighted by molar-refractivity contribution is 5.73. The van der Waals surface area contributed by atoms with Gasteiger partial charge in [0.05, 0.1) is 31.2 Å². The molecule has 0 atom stereocenters. The fraction of sp³-hybridized carbons (Fsp3) is 0.818. The van der Waals surface area contributed by atoms with Gasteiger partial charge in [-0.3, -0.25) is 9.59 Å². The Morgan fingerprint density at radius 3 is 1.50 bits per heavy atom. The van der Waals surface area contributed by atoms with Crippen LogP contribution in [0.25, 0.3) is 0 Å². The van der Waals surface area contributed by atoms with Crippen molar-refractivity contribution in [2.24, 2.45) is 0 Å². The van der Waals surface area contributed by atoms with Crippen LogP contribution in [0.3, 0.4) is 0 Å². The molecular weight excluding hydrogens is 212 g/mol. The number of aliphatic hydroxyl groups is 1. The molecule has 0 radical (unpaired) electrons. The summed E-state index contributed by atoms with van der Waals surface area (Å²) in [6, 6.07) is 0. The van der Waals surface area contributed by atoms with Crippen LogP contribution in [0.15, 0.2) is 0 Å². The van der Waals surface area contributed by atoms with E-state index >= 15 is 0 Å². The molecule has 5 nitrogen and oxygen atoms in total. The lowest BCUT2D eigenvalue weighted by molar-refractivity contribution is -0.153. The van der Waals surface area contributed by atoms with Crippen molar-refractivity contribution in [3.63, 3.8) is 0 Å². The SMILES string of the molecule is CC(C)OC(=O)CC(O)CC(=O)OC(C)C. The van der Waals surface area contributed by atoms with E-state index in [0.29, 0.717) is 0 Å². The van der Waals surface area contributed by atoms with Gasteiger partial charge in [0.1, 0.15) is 0 Å². The summed E-state index contributed by atoms with van der Waals surface area (Å²) in [5, 5.41) is 9.41. The van der Waals surface area contributed by atoms with Crippen molar-refractivity contribution in [3.8, 4) is 0 Å². The quantitative estimate of drug-likeness (QED) is 0.692. The Hall–Kier alpha value is -1.10. The molecule has 0 fully saturated rings. The molecule has 0 aliphatic heterocycles. The minimum atomic E-state index is -1.04. The van der Waals surface area contributed by atoms with Crippen LogP contribution in [0.5, 0.6) is 0 Å². The summed E-state index contributed by atoms with van der Waals surface area (Å²) in [4.78, 5) is 22.3. The van der Waals surface area contributed by atoms with Gasteiger partial charge in [-0.25, -0.2) is 0 Å².